The number of aromatic amines is 1. The fourth-order valence-corrected chi connectivity index (χ4v) is 5.43. The van der Waals surface area contributed by atoms with E-state index in [0.29, 0.717) is 35.7 Å². The number of carbonyl (C=O) groups is 1. The van der Waals surface area contributed by atoms with Gasteiger partial charge in [0.2, 0.25) is 5.91 Å². The summed E-state index contributed by atoms with van der Waals surface area (Å²) in [5.74, 6) is 1.10. The fraction of sp³-hybridized carbons (Fsp3) is 0.333. The molecule has 1 N–H and O–H groups in total. The highest BCUT2D eigenvalue weighted by Crippen LogP contribution is 2.33. The van der Waals surface area contributed by atoms with Crippen LogP contribution in [0.25, 0.3) is 21.1 Å². The molecule has 5 rings (SSSR count). The van der Waals surface area contributed by atoms with Crippen LogP contribution in [-0.4, -0.2) is 57.3 Å². The molecule has 1 saturated heterocycles. The number of H-pyrrole nitrogens is 1. The van der Waals surface area contributed by atoms with Gasteiger partial charge < -0.3 is 9.88 Å². The first-order chi connectivity index (χ1) is 15.6. The number of likely N-dealkylation sites (tertiary alicyclic amines) is 1. The number of aromatic nitrogens is 3. The number of nitrogens with one attached hydrogen (secondary N) is 1. The number of likely N-dealkylation sites (N-methyl/N-ethyl adjacent to an activating group) is 1. The fourth-order valence-electron chi connectivity index (χ4n) is 4.29. The summed E-state index contributed by atoms with van der Waals surface area (Å²) in [5, 5.41) is 1.76. The molecule has 164 valence electrons. The molecule has 1 aliphatic rings. The maximum Gasteiger partial charge on any atom is 0.258 e. The molecule has 0 spiro atoms. The second kappa shape index (κ2) is 8.80. The summed E-state index contributed by atoms with van der Waals surface area (Å²) in [4.78, 5) is 41.1. The molecule has 4 aromatic rings. The molecule has 0 atom stereocenters. The number of piperidine rings is 1. The zero-order chi connectivity index (χ0) is 22.1. The van der Waals surface area contributed by atoms with E-state index in [-0.39, 0.29) is 11.5 Å². The molecule has 0 unspecified atom stereocenters. The zero-order valence-corrected chi connectivity index (χ0v) is 18.8. The average Bonchev–Trinajstić information content (AvgIpc) is 3.23. The Kier molecular flexibility index (Phi) is 5.71. The average molecular weight is 448 g/mol. The van der Waals surface area contributed by atoms with Gasteiger partial charge in [-0.2, -0.15) is 0 Å². The van der Waals surface area contributed by atoms with E-state index < -0.39 is 0 Å². The van der Waals surface area contributed by atoms with Gasteiger partial charge in [-0.1, -0.05) is 24.3 Å². The van der Waals surface area contributed by atoms with Crippen molar-refractivity contribution in [1.82, 2.24) is 24.8 Å². The maximum atomic E-state index is 12.8. The van der Waals surface area contributed by atoms with E-state index in [1.807, 2.05) is 47.2 Å². The number of fused-ring (bicyclic) bond motifs is 2. The Bertz CT molecular complexity index is 1290. The Labute approximate surface area is 189 Å². The van der Waals surface area contributed by atoms with Crippen molar-refractivity contribution in [2.75, 3.05) is 26.7 Å². The van der Waals surface area contributed by atoms with Gasteiger partial charge in [0.05, 0.1) is 39.2 Å². The number of carbonyl (C=O) groups excluding carboxylic acids is 1. The molecule has 1 amide bonds. The predicted octanol–water partition coefficient (Wildman–Crippen LogP) is 3.37. The second-order valence-electron chi connectivity index (χ2n) is 8.38. The Hall–Kier alpha value is -3.10. The van der Waals surface area contributed by atoms with Gasteiger partial charge in [0, 0.05) is 19.0 Å². The van der Waals surface area contributed by atoms with Gasteiger partial charge in [0.1, 0.15) is 5.82 Å². The van der Waals surface area contributed by atoms with E-state index in [0.717, 1.165) is 31.4 Å². The molecule has 7 nitrogen and oxygen atoms in total. The van der Waals surface area contributed by atoms with Gasteiger partial charge in [-0.3, -0.25) is 14.5 Å². The third-order valence-corrected chi connectivity index (χ3v) is 7.19. The van der Waals surface area contributed by atoms with Gasteiger partial charge in [-0.25, -0.2) is 9.97 Å². The number of thiazole rings is 1. The van der Waals surface area contributed by atoms with E-state index in [1.165, 1.54) is 9.71 Å². The van der Waals surface area contributed by atoms with E-state index >= 15 is 0 Å². The molecule has 32 heavy (non-hydrogen) atoms. The standard InChI is InChI=1S/C24H25N5O2S/c1-28(14-21-25-18-7-3-2-6-17(18)23(31)27-21)15-22(30)29-12-10-16(11-13-29)24-26-19-8-4-5-9-20(19)32-24/h2-9,16H,10-15H2,1H3,(H,25,27,31). The topological polar surface area (TPSA) is 82.2 Å². The summed E-state index contributed by atoms with van der Waals surface area (Å²) >= 11 is 1.77. The Morgan fingerprint density at radius 2 is 1.81 bits per heavy atom. The molecule has 3 heterocycles. The maximum absolute atomic E-state index is 12.8. The molecular formula is C24H25N5O2S. The van der Waals surface area contributed by atoms with Crippen LogP contribution >= 0.6 is 11.3 Å². The molecular weight excluding hydrogens is 422 g/mol. The van der Waals surface area contributed by atoms with Crippen LogP contribution in [0, 0.1) is 0 Å². The summed E-state index contributed by atoms with van der Waals surface area (Å²) in [6, 6.07) is 15.5. The third kappa shape index (κ3) is 4.28. The normalized spacial score (nSPS) is 15.1. The zero-order valence-electron chi connectivity index (χ0n) is 18.0. The number of nitrogens with zero attached hydrogens (tertiary/aromatic N) is 4. The molecule has 0 radical (unpaired) electrons. The van der Waals surface area contributed by atoms with Crippen LogP contribution in [0.1, 0.15) is 29.6 Å². The lowest BCUT2D eigenvalue weighted by molar-refractivity contribution is -0.133. The van der Waals surface area contributed by atoms with Gasteiger partial charge in [-0.15, -0.1) is 11.3 Å². The molecule has 0 bridgehead atoms. The summed E-state index contributed by atoms with van der Waals surface area (Å²) < 4.78 is 1.22. The van der Waals surface area contributed by atoms with E-state index in [1.54, 1.807) is 17.4 Å². The monoisotopic (exact) mass is 447 g/mol. The lowest BCUT2D eigenvalue weighted by atomic mass is 9.97. The molecule has 2 aromatic heterocycles. The lowest BCUT2D eigenvalue weighted by Gasteiger charge is -2.32. The Morgan fingerprint density at radius 1 is 1.09 bits per heavy atom. The van der Waals surface area contributed by atoms with E-state index in [2.05, 4.69) is 22.1 Å². The largest absolute Gasteiger partial charge is 0.342 e. The minimum atomic E-state index is -0.151. The summed E-state index contributed by atoms with van der Waals surface area (Å²) in [5.41, 5.74) is 1.58. The van der Waals surface area contributed by atoms with Gasteiger partial charge in [0.15, 0.2) is 0 Å². The van der Waals surface area contributed by atoms with Crippen LogP contribution in [-0.2, 0) is 11.3 Å². The quantitative estimate of drug-likeness (QED) is 0.507. The number of hydrogen-bond acceptors (Lipinski definition) is 6. The molecule has 2 aromatic carbocycles. The molecule has 8 heteroatoms. The minimum absolute atomic E-state index is 0.110. The summed E-state index contributed by atoms with van der Waals surface area (Å²) in [6.07, 6.45) is 1.88. The smallest absolute Gasteiger partial charge is 0.258 e. The highest BCUT2D eigenvalue weighted by Gasteiger charge is 2.26. The second-order valence-corrected chi connectivity index (χ2v) is 9.44. The molecule has 1 aliphatic heterocycles. The van der Waals surface area contributed by atoms with Gasteiger partial charge in [-0.05, 0) is 44.2 Å². The summed E-state index contributed by atoms with van der Waals surface area (Å²) in [6.45, 7) is 2.20. The lowest BCUT2D eigenvalue weighted by Crippen LogP contribution is -2.43. The van der Waals surface area contributed by atoms with E-state index in [9.17, 15) is 9.59 Å². The van der Waals surface area contributed by atoms with Crippen molar-refractivity contribution < 1.29 is 4.79 Å². The van der Waals surface area contributed by atoms with Crippen LogP contribution in [0.5, 0.6) is 0 Å². The molecule has 1 fully saturated rings. The SMILES string of the molecule is CN(CC(=O)N1CCC(c2nc3ccccc3s2)CC1)Cc1nc2ccccc2c(=O)[nH]1. The van der Waals surface area contributed by atoms with Crippen molar-refractivity contribution in [3.63, 3.8) is 0 Å². The number of hydrogen-bond donors (Lipinski definition) is 1. The highest BCUT2D eigenvalue weighted by atomic mass is 32.1. The summed E-state index contributed by atoms with van der Waals surface area (Å²) in [7, 11) is 1.88. The van der Waals surface area contributed by atoms with Crippen molar-refractivity contribution >= 4 is 38.4 Å². The van der Waals surface area contributed by atoms with Crippen LogP contribution < -0.4 is 5.56 Å². The van der Waals surface area contributed by atoms with Crippen LogP contribution in [0.15, 0.2) is 53.3 Å². The molecule has 0 aliphatic carbocycles. The molecule has 0 saturated carbocycles. The number of para-hydroxylation sites is 2. The Morgan fingerprint density at radius 3 is 2.59 bits per heavy atom. The first kappa shape index (κ1) is 20.8. The predicted molar refractivity (Wildman–Crippen MR) is 127 cm³/mol. The van der Waals surface area contributed by atoms with Crippen molar-refractivity contribution in [1.29, 1.82) is 0 Å². The van der Waals surface area contributed by atoms with Crippen LogP contribution in [0.2, 0.25) is 0 Å². The minimum Gasteiger partial charge on any atom is -0.342 e. The van der Waals surface area contributed by atoms with Gasteiger partial charge in [0.25, 0.3) is 5.56 Å². The van der Waals surface area contributed by atoms with Crippen LogP contribution in [0.3, 0.4) is 0 Å². The highest BCUT2D eigenvalue weighted by molar-refractivity contribution is 7.18. The first-order valence-corrected chi connectivity index (χ1v) is 11.7. The van der Waals surface area contributed by atoms with Crippen LogP contribution in [0.4, 0.5) is 0 Å². The van der Waals surface area contributed by atoms with Crippen molar-refractivity contribution in [3.05, 3.63) is 69.7 Å². The number of rotatable bonds is 5. The van der Waals surface area contributed by atoms with Crippen molar-refractivity contribution in [2.24, 2.45) is 0 Å². The third-order valence-electron chi connectivity index (χ3n) is 5.99. The van der Waals surface area contributed by atoms with Crippen molar-refractivity contribution in [2.45, 2.75) is 25.3 Å². The van der Waals surface area contributed by atoms with Gasteiger partial charge >= 0.3 is 0 Å². The Balaban J connectivity index is 1.17. The number of amides is 1. The van der Waals surface area contributed by atoms with Crippen molar-refractivity contribution in [3.8, 4) is 0 Å². The number of benzene rings is 2. The first-order valence-electron chi connectivity index (χ1n) is 10.9. The van der Waals surface area contributed by atoms with E-state index in [4.69, 9.17) is 4.98 Å².